The average Bonchev–Trinajstić information content (AvgIpc) is 2.60. The zero-order chi connectivity index (χ0) is 13.1. The van der Waals surface area contributed by atoms with Crippen LogP contribution in [0.25, 0.3) is 6.08 Å². The fourth-order valence-corrected chi connectivity index (χ4v) is 2.28. The van der Waals surface area contributed by atoms with E-state index in [9.17, 15) is 14.0 Å². The molecule has 1 heterocycles. The van der Waals surface area contributed by atoms with Crippen LogP contribution >= 0.6 is 11.8 Å². The Morgan fingerprint density at radius 1 is 1.33 bits per heavy atom. The van der Waals surface area contributed by atoms with Crippen molar-refractivity contribution in [1.29, 1.82) is 0 Å². The number of rotatable bonds is 2. The Morgan fingerprint density at radius 2 is 2.00 bits per heavy atom. The molecule has 0 aliphatic carbocycles. The molecular weight excluding hydrogens is 253 g/mol. The lowest BCUT2D eigenvalue weighted by molar-refractivity contribution is -0.122. The van der Waals surface area contributed by atoms with Crippen LogP contribution in [0.5, 0.6) is 0 Å². The van der Waals surface area contributed by atoms with Crippen molar-refractivity contribution >= 4 is 29.0 Å². The Kier molecular flexibility index (Phi) is 3.49. The molecule has 1 aromatic carbocycles. The van der Waals surface area contributed by atoms with E-state index >= 15 is 0 Å². The number of halogens is 1. The molecule has 1 aliphatic rings. The van der Waals surface area contributed by atoms with Crippen LogP contribution in [0.4, 0.5) is 9.18 Å². The van der Waals surface area contributed by atoms with Crippen molar-refractivity contribution in [1.82, 2.24) is 4.90 Å². The first-order valence-corrected chi connectivity index (χ1v) is 5.88. The maximum Gasteiger partial charge on any atom is 0.294 e. The van der Waals surface area contributed by atoms with Crippen LogP contribution in [0.1, 0.15) is 5.56 Å². The third kappa shape index (κ3) is 2.44. The van der Waals surface area contributed by atoms with Gasteiger partial charge in [-0.2, -0.15) is 0 Å². The molecule has 0 saturated carbocycles. The van der Waals surface area contributed by atoms with Gasteiger partial charge in [0.15, 0.2) is 0 Å². The van der Waals surface area contributed by atoms with E-state index in [0.29, 0.717) is 10.5 Å². The SMILES string of the molecule is C#CCN1C(=O)S/C(=C\c2ccc(F)cc2)C1=O. The zero-order valence-corrected chi connectivity index (χ0v) is 10.0. The summed E-state index contributed by atoms with van der Waals surface area (Å²) in [4.78, 5) is 24.6. The summed E-state index contributed by atoms with van der Waals surface area (Å²) in [6, 6.07) is 5.64. The molecule has 0 spiro atoms. The summed E-state index contributed by atoms with van der Waals surface area (Å²) in [7, 11) is 0. The number of thioether (sulfide) groups is 1. The maximum absolute atomic E-state index is 12.7. The molecule has 2 amide bonds. The summed E-state index contributed by atoms with van der Waals surface area (Å²) in [6.07, 6.45) is 6.62. The molecular formula is C13H8FNO2S. The van der Waals surface area contributed by atoms with Crippen molar-refractivity contribution in [2.24, 2.45) is 0 Å². The Labute approximate surface area is 108 Å². The second kappa shape index (κ2) is 5.07. The van der Waals surface area contributed by atoms with Gasteiger partial charge in [0.25, 0.3) is 11.1 Å². The number of nitrogens with zero attached hydrogens (tertiary/aromatic N) is 1. The molecule has 0 N–H and O–H groups in total. The van der Waals surface area contributed by atoms with E-state index in [0.717, 1.165) is 16.7 Å². The van der Waals surface area contributed by atoms with Crippen molar-refractivity contribution in [2.75, 3.05) is 6.54 Å². The summed E-state index contributed by atoms with van der Waals surface area (Å²) >= 11 is 0.830. The number of amides is 2. The van der Waals surface area contributed by atoms with Gasteiger partial charge in [0.1, 0.15) is 5.82 Å². The van der Waals surface area contributed by atoms with Gasteiger partial charge in [0, 0.05) is 0 Å². The molecule has 1 saturated heterocycles. The molecule has 0 unspecified atom stereocenters. The number of imide groups is 1. The molecule has 1 fully saturated rings. The zero-order valence-electron chi connectivity index (χ0n) is 9.22. The molecule has 5 heteroatoms. The lowest BCUT2D eigenvalue weighted by atomic mass is 10.2. The van der Waals surface area contributed by atoms with Crippen LogP contribution in [0.15, 0.2) is 29.2 Å². The number of hydrogen-bond acceptors (Lipinski definition) is 3. The maximum atomic E-state index is 12.7. The molecule has 90 valence electrons. The van der Waals surface area contributed by atoms with Crippen molar-refractivity contribution in [2.45, 2.75) is 0 Å². The molecule has 0 bridgehead atoms. The first-order valence-electron chi connectivity index (χ1n) is 5.06. The molecule has 3 nitrogen and oxygen atoms in total. The smallest absolute Gasteiger partial charge is 0.268 e. The Morgan fingerprint density at radius 3 is 2.61 bits per heavy atom. The third-order valence-corrected chi connectivity index (χ3v) is 3.20. The lowest BCUT2D eigenvalue weighted by Gasteiger charge is -2.06. The van der Waals surface area contributed by atoms with Crippen LogP contribution in [-0.4, -0.2) is 22.6 Å². The van der Waals surface area contributed by atoms with Crippen molar-refractivity contribution < 1.29 is 14.0 Å². The predicted octanol–water partition coefficient (Wildman–Crippen LogP) is 2.50. The molecule has 0 radical (unpaired) electrons. The van der Waals surface area contributed by atoms with E-state index in [1.807, 2.05) is 0 Å². The van der Waals surface area contributed by atoms with Crippen molar-refractivity contribution in [3.63, 3.8) is 0 Å². The second-order valence-corrected chi connectivity index (χ2v) is 4.52. The van der Waals surface area contributed by atoms with Gasteiger partial charge >= 0.3 is 0 Å². The Balaban J connectivity index is 2.25. The molecule has 2 rings (SSSR count). The van der Waals surface area contributed by atoms with E-state index in [1.165, 1.54) is 24.3 Å². The summed E-state index contributed by atoms with van der Waals surface area (Å²) in [6.45, 7) is -0.0363. The molecule has 0 aromatic heterocycles. The van der Waals surface area contributed by atoms with Gasteiger partial charge in [-0.15, -0.1) is 6.42 Å². The summed E-state index contributed by atoms with van der Waals surface area (Å²) in [5.41, 5.74) is 0.655. The largest absolute Gasteiger partial charge is 0.294 e. The molecule has 18 heavy (non-hydrogen) atoms. The van der Waals surface area contributed by atoms with Gasteiger partial charge in [-0.1, -0.05) is 18.1 Å². The van der Waals surface area contributed by atoms with Crippen LogP contribution in [0.2, 0.25) is 0 Å². The fourth-order valence-electron chi connectivity index (χ4n) is 1.44. The predicted molar refractivity (Wildman–Crippen MR) is 67.9 cm³/mol. The minimum Gasteiger partial charge on any atom is -0.268 e. The van der Waals surface area contributed by atoms with Gasteiger partial charge in [0.2, 0.25) is 0 Å². The van der Waals surface area contributed by atoms with Crippen LogP contribution in [-0.2, 0) is 4.79 Å². The van der Waals surface area contributed by atoms with E-state index in [-0.39, 0.29) is 17.6 Å². The Hall–Kier alpha value is -2.06. The first kappa shape index (κ1) is 12.4. The topological polar surface area (TPSA) is 37.4 Å². The number of terminal acetylenes is 1. The minimum absolute atomic E-state index is 0.0363. The number of benzene rings is 1. The monoisotopic (exact) mass is 261 g/mol. The lowest BCUT2D eigenvalue weighted by Crippen LogP contribution is -2.28. The van der Waals surface area contributed by atoms with Gasteiger partial charge in [-0.3, -0.25) is 14.5 Å². The second-order valence-electron chi connectivity index (χ2n) is 3.52. The number of hydrogen-bond donors (Lipinski definition) is 0. The van der Waals surface area contributed by atoms with Gasteiger partial charge in [-0.25, -0.2) is 4.39 Å². The molecule has 1 aromatic rings. The van der Waals surface area contributed by atoms with Crippen LogP contribution in [0.3, 0.4) is 0 Å². The first-order chi connectivity index (χ1) is 8.61. The minimum atomic E-state index is -0.410. The van der Waals surface area contributed by atoms with Crippen molar-refractivity contribution in [3.05, 3.63) is 40.6 Å². The highest BCUT2D eigenvalue weighted by Crippen LogP contribution is 2.31. The summed E-state index contributed by atoms with van der Waals surface area (Å²) in [5, 5.41) is -0.383. The standard InChI is InChI=1S/C13H8FNO2S/c1-2-7-15-12(16)11(18-13(15)17)8-9-3-5-10(14)6-4-9/h1,3-6,8H,7H2/b11-8-. The van der Waals surface area contributed by atoms with Gasteiger partial charge < -0.3 is 0 Å². The normalized spacial score (nSPS) is 17.3. The molecule has 1 aliphatic heterocycles. The summed E-state index contributed by atoms with van der Waals surface area (Å²) in [5.74, 6) is 1.49. The fraction of sp³-hybridized carbons (Fsp3) is 0.0769. The van der Waals surface area contributed by atoms with E-state index in [1.54, 1.807) is 6.08 Å². The van der Waals surface area contributed by atoms with E-state index in [4.69, 9.17) is 6.42 Å². The highest BCUT2D eigenvalue weighted by molar-refractivity contribution is 8.18. The van der Waals surface area contributed by atoms with Gasteiger partial charge in [0.05, 0.1) is 11.4 Å². The Bertz CT molecular complexity index is 572. The van der Waals surface area contributed by atoms with E-state index < -0.39 is 5.91 Å². The van der Waals surface area contributed by atoms with Gasteiger partial charge in [-0.05, 0) is 35.5 Å². The van der Waals surface area contributed by atoms with Crippen molar-refractivity contribution in [3.8, 4) is 12.3 Å². The quantitative estimate of drug-likeness (QED) is 0.606. The van der Waals surface area contributed by atoms with Crippen LogP contribution in [0, 0.1) is 18.2 Å². The summed E-state index contributed by atoms with van der Waals surface area (Å²) < 4.78 is 12.7. The molecule has 0 atom stereocenters. The third-order valence-electron chi connectivity index (χ3n) is 2.29. The highest BCUT2D eigenvalue weighted by atomic mass is 32.2. The number of carbonyl (C=O) groups is 2. The van der Waals surface area contributed by atoms with E-state index in [2.05, 4.69) is 5.92 Å². The average molecular weight is 261 g/mol. The number of carbonyl (C=O) groups excluding carboxylic acids is 2. The highest BCUT2D eigenvalue weighted by Gasteiger charge is 2.34. The van der Waals surface area contributed by atoms with Crippen LogP contribution < -0.4 is 0 Å².